The van der Waals surface area contributed by atoms with Crippen molar-refractivity contribution in [2.45, 2.75) is 120 Å². The molecule has 0 spiro atoms. The Hall–Kier alpha value is -12.0. The van der Waals surface area contributed by atoms with E-state index in [1.54, 1.807) is 102 Å². The molecule has 6 aliphatic rings. The van der Waals surface area contributed by atoms with Crippen LogP contribution in [0.5, 0.6) is 0 Å². The van der Waals surface area contributed by atoms with E-state index >= 15 is 0 Å². The lowest BCUT2D eigenvalue weighted by Gasteiger charge is -2.28. The molecule has 6 atom stereocenters. The summed E-state index contributed by atoms with van der Waals surface area (Å²) in [5.41, 5.74) is 3.81. The monoisotopic (exact) mass is 2360 g/mol. The van der Waals surface area contributed by atoms with E-state index < -0.39 is 184 Å². The first-order chi connectivity index (χ1) is 68.5. The minimum Gasteiger partial charge on any atom is -0.325 e. The van der Waals surface area contributed by atoms with Gasteiger partial charge in [0, 0.05) is 145 Å². The molecule has 6 aliphatic heterocycles. The third-order valence-electron chi connectivity index (χ3n) is 22.8. The zero-order valence-corrected chi connectivity index (χ0v) is 92.2. The van der Waals surface area contributed by atoms with Crippen molar-refractivity contribution in [1.82, 2.24) is 25.8 Å². The summed E-state index contributed by atoms with van der Waals surface area (Å²) in [5.74, 6) is -18.4. The Morgan fingerprint density at radius 2 is 0.503 bits per heavy atom. The number of hydrogen-bond donors (Lipinski definition) is 6. The Morgan fingerprint density at radius 1 is 0.279 bits per heavy atom. The van der Waals surface area contributed by atoms with Gasteiger partial charge in [-0.05, 0) is 200 Å². The van der Waals surface area contributed by atoms with Crippen LogP contribution in [-0.4, -0.2) is 190 Å². The Labute approximate surface area is 887 Å². The highest BCUT2D eigenvalue weighted by molar-refractivity contribution is 9.10. The number of rotatable bonds is 12. The first-order valence-electron chi connectivity index (χ1n) is 42.4. The van der Waals surface area contributed by atoms with Crippen LogP contribution < -0.4 is 31.9 Å². The molecule has 147 heavy (non-hydrogen) atoms. The van der Waals surface area contributed by atoms with Crippen LogP contribution in [0.15, 0.2) is 198 Å². The van der Waals surface area contributed by atoms with Crippen molar-refractivity contribution in [2.24, 2.45) is 0 Å². The first kappa shape index (κ1) is 112. The van der Waals surface area contributed by atoms with Crippen molar-refractivity contribution in [1.29, 1.82) is 0 Å². The maximum Gasteiger partial charge on any atom is 0.267 e. The fourth-order valence-corrected chi connectivity index (χ4v) is 32.9. The average Bonchev–Trinajstić information content (AvgIpc) is 1.66. The normalized spacial score (nSPS) is 18.9. The molecule has 12 amide bonds. The summed E-state index contributed by atoms with van der Waals surface area (Å²) in [5, 5.41) is 16.4. The van der Waals surface area contributed by atoms with E-state index in [9.17, 15) is 121 Å². The van der Waals surface area contributed by atoms with Gasteiger partial charge in [-0.25, -0.2) is 89.5 Å². The van der Waals surface area contributed by atoms with Gasteiger partial charge in [0.25, 0.3) is 95.6 Å². The van der Waals surface area contributed by atoms with Crippen LogP contribution in [0.2, 0.25) is 15.1 Å². The quantitative estimate of drug-likeness (QED) is 0.0619. The predicted octanol–water partition coefficient (Wildman–Crippen LogP) is 15.4. The number of likely N-dealkylation sites (N-methyl/N-ethyl adjacent to an activating group) is 6. The van der Waals surface area contributed by atoms with Crippen LogP contribution in [0.1, 0.15) is 105 Å². The highest BCUT2D eigenvalue weighted by Gasteiger charge is 2.53. The van der Waals surface area contributed by atoms with Gasteiger partial charge in [-0.3, -0.25) is 57.5 Å². The predicted molar refractivity (Wildman–Crippen MR) is 553 cm³/mol. The number of nitrogens with zero attached hydrogens (tertiary/aromatic N) is 6. The topological polar surface area (TPSA) is 501 Å². The third-order valence-corrected chi connectivity index (χ3v) is 42.7. The Balaban J connectivity index is 0.000000147. The number of amides is 12. The van der Waals surface area contributed by atoms with E-state index in [-0.39, 0.29) is 69.3 Å². The molecule has 12 aromatic rings. The summed E-state index contributed by atoms with van der Waals surface area (Å²) in [6, 6.07) is 40.0. The smallest absolute Gasteiger partial charge is 0.267 e. The van der Waals surface area contributed by atoms with Crippen molar-refractivity contribution in [3.05, 3.63) is 270 Å². The van der Waals surface area contributed by atoms with E-state index in [2.05, 4.69) is 47.8 Å². The van der Waals surface area contributed by atoms with E-state index in [1.807, 2.05) is 26.0 Å². The van der Waals surface area contributed by atoms with Gasteiger partial charge in [-0.15, -0.1) is 68.0 Å². The van der Waals surface area contributed by atoms with Crippen LogP contribution in [0, 0.1) is 72.8 Å². The lowest BCUT2D eigenvalue weighted by molar-refractivity contribution is -0.134. The number of hydrogen-bond acceptors (Lipinski definition) is 30. The van der Waals surface area contributed by atoms with Gasteiger partial charge < -0.3 is 31.9 Å². The first-order valence-corrected chi connectivity index (χ1v) is 57.9. The molecule has 12 heterocycles. The number of aryl methyl sites for hydroxylation is 8. The Morgan fingerprint density at radius 3 is 0.762 bits per heavy atom. The van der Waals surface area contributed by atoms with Crippen LogP contribution in [0.25, 0.3) is 0 Å². The van der Waals surface area contributed by atoms with Gasteiger partial charge in [0.1, 0.15) is 46.8 Å². The maximum atomic E-state index is 13.7. The van der Waals surface area contributed by atoms with Crippen LogP contribution in [0.3, 0.4) is 0 Å². The molecule has 0 bridgehead atoms. The zero-order valence-electron chi connectivity index (χ0n) is 78.6. The van der Waals surface area contributed by atoms with Gasteiger partial charge in [-0.2, -0.15) is 0 Å². The molecule has 0 fully saturated rings. The molecule has 774 valence electrons. The molecule has 6 aromatic carbocycles. The summed E-state index contributed by atoms with van der Waals surface area (Å²) < 4.78 is 192. The van der Waals surface area contributed by atoms with E-state index in [0.717, 1.165) is 134 Å². The molecular formula is C92H81BrCl3F3N12O24S12. The highest BCUT2D eigenvalue weighted by Crippen LogP contribution is 2.48. The van der Waals surface area contributed by atoms with Gasteiger partial charge >= 0.3 is 0 Å². The van der Waals surface area contributed by atoms with Gasteiger partial charge in [0.2, 0.25) is 35.4 Å². The van der Waals surface area contributed by atoms with E-state index in [0.29, 0.717) is 89.9 Å². The molecule has 6 unspecified atom stereocenters. The SMILES string of the molecule is Cc1cc2c(s1)C(C(=O)Nc1ccc(Br)cc1)C(=O)N(C)S2(=O)=O.Cc1cc2c(s1)C(C(=O)Nc1ccc(C)c(Cl)c1)C(=O)N(C)S2(=O)=O.Cc1cc2c(s1)C(C(=O)Nc1ccc(Cl)c(Cl)c1)C(=O)N(C)S2(=O)=O.Cc1cc2c(s1)C(C(=O)Nc1ccc(F)cc1)C(=O)N(C)S2(=O)=O.Cc1cc2c(s1)C(C(=O)Nc1ccc(F)cc1F)C(=O)N(C)S2(=O)=O.Cc1ccc(NC(=O)C2C(=O)N(C)S(=O)(=O)c3cc(C)sc32)cc1. The minimum absolute atomic E-state index is 0.00797. The lowest BCUT2D eigenvalue weighted by atomic mass is 10.1. The second-order valence-corrected chi connectivity index (χ2v) is 54.5. The number of nitrogens with one attached hydrogen (secondary N) is 6. The number of anilines is 6. The largest absolute Gasteiger partial charge is 0.325 e. The average molecular weight is 2370 g/mol. The molecule has 36 nitrogen and oxygen atoms in total. The number of sulfonamides is 6. The standard InChI is InChI=1S/C16H15ClN2O4S2.C16H16N2O4S2.C15H13BrN2O4S2.C15H12Cl2N2O4S2.C15H12F2N2O4S2.C15H13FN2O4S2/c1-8-4-5-10(7-11(8)17)18-15(20)13-14-12(6-9(2)24-14)25(22,23)19(3)16(13)21;1-9-4-6-11(7-5-9)17-15(19)13-14-12(8-10(2)23-14)24(21,22)18(3)16(13)20;1-8-7-11-13(23-8)12(15(20)18(2)24(11,21)22)14(19)17-10-5-3-9(16)4-6-10;1-7-5-11-13(24-7)12(15(21)19(2)25(11,22)23)14(20)18-8-3-4-9(16)10(17)6-8;1-7-5-11-13(24-7)12(15(21)19(2)25(11,22)23)14(20)18-10-4-3-8(16)6-9(10)17;1-8-7-11-13(23-8)12(15(20)18(2)24(11,21)22)14(19)17-10-5-3-9(16)4-6-10/h4-7,13H,1-3H3,(H,18,20);4-8,13H,1-3H3,(H,17,19);3-7,12H,1-2H3,(H,17,19);2*3-6,12H,1-2H3,(H,18,20);3-7,12H,1-2H3,(H,17,19). The van der Waals surface area contributed by atoms with Crippen molar-refractivity contribution >= 4 is 284 Å². The molecule has 6 N–H and O–H groups in total. The van der Waals surface area contributed by atoms with Crippen molar-refractivity contribution in [2.75, 3.05) is 74.2 Å². The maximum absolute atomic E-state index is 13.7. The molecule has 0 saturated heterocycles. The zero-order chi connectivity index (χ0) is 108. The third kappa shape index (κ3) is 22.7. The summed E-state index contributed by atoms with van der Waals surface area (Å²) >= 11 is 27.8. The van der Waals surface area contributed by atoms with Crippen LogP contribution in [-0.2, 0) is 118 Å². The van der Waals surface area contributed by atoms with E-state index in [1.165, 1.54) is 86.9 Å². The number of halogens is 7. The molecule has 0 radical (unpaired) electrons. The van der Waals surface area contributed by atoms with Gasteiger partial charge in [-0.1, -0.05) is 74.5 Å². The summed E-state index contributed by atoms with van der Waals surface area (Å²) in [7, 11) is -16.7. The van der Waals surface area contributed by atoms with Crippen molar-refractivity contribution in [3.8, 4) is 0 Å². The molecule has 18 rings (SSSR count). The number of carbonyl (C=O) groups is 12. The molecular weight excluding hydrogens is 2290 g/mol. The van der Waals surface area contributed by atoms with Crippen molar-refractivity contribution < 1.29 is 121 Å². The van der Waals surface area contributed by atoms with Crippen molar-refractivity contribution in [3.63, 3.8) is 0 Å². The molecule has 6 aromatic heterocycles. The Kier molecular flexibility index (Phi) is 33.0. The molecule has 55 heteroatoms. The number of benzene rings is 6. The number of fused-ring (bicyclic) bond motifs is 6. The second-order valence-electron chi connectivity index (χ2n) is 33.0. The van der Waals surface area contributed by atoms with E-state index in [4.69, 9.17) is 34.8 Å². The summed E-state index contributed by atoms with van der Waals surface area (Å²) in [6.45, 7) is 14.1. The fraction of sp³-hybridized carbons (Fsp3) is 0.217. The highest BCUT2D eigenvalue weighted by atomic mass is 79.9. The van der Waals surface area contributed by atoms with Crippen LogP contribution in [0.4, 0.5) is 47.3 Å². The summed E-state index contributed by atoms with van der Waals surface area (Å²) in [6.07, 6.45) is 0. The van der Waals surface area contributed by atoms with Gasteiger partial charge in [0.05, 0.1) is 15.7 Å². The molecule has 0 saturated carbocycles. The molecule has 0 aliphatic carbocycles. The number of carbonyl (C=O) groups excluding carboxylic acids is 12. The fourth-order valence-electron chi connectivity index (χ4n) is 15.0. The number of thiophene rings is 6. The van der Waals surface area contributed by atoms with Gasteiger partial charge in [0.15, 0.2) is 35.5 Å². The minimum atomic E-state index is -4.01. The lowest BCUT2D eigenvalue weighted by Crippen LogP contribution is -2.45. The Bertz CT molecular complexity index is 7740. The summed E-state index contributed by atoms with van der Waals surface area (Å²) in [4.78, 5) is 156. The second kappa shape index (κ2) is 43.3. The van der Waals surface area contributed by atoms with Crippen LogP contribution >= 0.6 is 119 Å².